The van der Waals surface area contributed by atoms with Gasteiger partial charge < -0.3 is 0 Å². The summed E-state index contributed by atoms with van der Waals surface area (Å²) in [5.74, 6) is 0.448. The minimum atomic E-state index is -0.160. The highest BCUT2D eigenvalue weighted by atomic mass is 32.1. The van der Waals surface area contributed by atoms with E-state index in [1.807, 2.05) is 0 Å². The number of nitrogens with zero attached hydrogens (tertiary/aromatic N) is 3. The van der Waals surface area contributed by atoms with E-state index in [9.17, 15) is 4.79 Å². The molecule has 0 radical (unpaired) electrons. The monoisotopic (exact) mass is 217 g/mol. The first kappa shape index (κ1) is 9.67. The van der Waals surface area contributed by atoms with Gasteiger partial charge in [0.05, 0.1) is 5.69 Å². The first-order valence-corrected chi connectivity index (χ1v) is 4.73. The van der Waals surface area contributed by atoms with Crippen LogP contribution in [0.15, 0.2) is 41.6 Å². The fourth-order valence-corrected chi connectivity index (χ4v) is 1.42. The van der Waals surface area contributed by atoms with Crippen LogP contribution in [-0.2, 0) is 0 Å². The smallest absolute Gasteiger partial charge is 0.258 e. The van der Waals surface area contributed by atoms with Crippen molar-refractivity contribution >= 4 is 17.6 Å². The van der Waals surface area contributed by atoms with E-state index in [1.165, 1.54) is 22.2 Å². The van der Waals surface area contributed by atoms with Gasteiger partial charge in [0, 0.05) is 30.0 Å². The van der Waals surface area contributed by atoms with Crippen molar-refractivity contribution in [1.29, 1.82) is 0 Å². The molecule has 0 N–H and O–H groups in total. The van der Waals surface area contributed by atoms with Crippen LogP contribution in [0.5, 0.6) is 0 Å². The molecule has 0 aliphatic carbocycles. The van der Waals surface area contributed by atoms with Crippen molar-refractivity contribution in [3.05, 3.63) is 53.0 Å². The Hall–Kier alpha value is -1.88. The summed E-state index contributed by atoms with van der Waals surface area (Å²) in [6.07, 6.45) is 4.67. The van der Waals surface area contributed by atoms with Crippen molar-refractivity contribution in [3.63, 3.8) is 0 Å². The van der Waals surface area contributed by atoms with Gasteiger partial charge in [-0.15, -0.1) is 0 Å². The maximum Gasteiger partial charge on any atom is 0.258 e. The van der Waals surface area contributed by atoms with Crippen LogP contribution in [0.2, 0.25) is 0 Å². The second kappa shape index (κ2) is 4.10. The molecule has 4 nitrogen and oxygen atoms in total. The Morgan fingerprint density at radius 2 is 1.93 bits per heavy atom. The van der Waals surface area contributed by atoms with E-state index in [2.05, 4.69) is 9.97 Å². The second-order valence-corrected chi connectivity index (χ2v) is 3.04. The average Bonchev–Trinajstić information content (AvgIpc) is 2.29. The van der Waals surface area contributed by atoms with E-state index in [4.69, 9.17) is 12.2 Å². The van der Waals surface area contributed by atoms with Crippen molar-refractivity contribution in [2.24, 2.45) is 0 Å². The van der Waals surface area contributed by atoms with Crippen LogP contribution in [0.1, 0.15) is 5.82 Å². The molecule has 0 spiro atoms. The molecule has 74 valence electrons. The van der Waals surface area contributed by atoms with E-state index >= 15 is 0 Å². The molecule has 0 bridgehead atoms. The summed E-state index contributed by atoms with van der Waals surface area (Å²) in [7, 11) is 0. The van der Waals surface area contributed by atoms with Crippen molar-refractivity contribution in [2.45, 2.75) is 0 Å². The van der Waals surface area contributed by atoms with E-state index in [-0.39, 0.29) is 5.56 Å². The molecular formula is C10H7N3OS. The van der Waals surface area contributed by atoms with Gasteiger partial charge in [0.25, 0.3) is 5.56 Å². The second-order valence-electron chi connectivity index (χ2n) is 2.80. The molecule has 0 saturated carbocycles. The Morgan fingerprint density at radius 3 is 2.60 bits per heavy atom. The number of hydrogen-bond acceptors (Lipinski definition) is 4. The first-order chi connectivity index (χ1) is 7.33. The summed E-state index contributed by atoms with van der Waals surface area (Å²) in [5, 5.41) is 1.38. The summed E-state index contributed by atoms with van der Waals surface area (Å²) < 4.78 is 1.44. The molecule has 2 aromatic rings. The van der Waals surface area contributed by atoms with E-state index in [1.54, 1.807) is 24.5 Å². The molecule has 0 amide bonds. The molecule has 0 saturated heterocycles. The quantitative estimate of drug-likeness (QED) is 0.703. The highest BCUT2D eigenvalue weighted by Crippen LogP contribution is 2.03. The summed E-state index contributed by atoms with van der Waals surface area (Å²) in [5.41, 5.74) is 0.548. The standard InChI is InChI=1S/C10H7N3OS/c14-10-3-6-12-9(7-15)13(10)8-1-4-11-5-2-8/h1-7H. The fourth-order valence-electron chi connectivity index (χ4n) is 1.26. The van der Waals surface area contributed by atoms with Gasteiger partial charge in [0.15, 0.2) is 5.82 Å². The van der Waals surface area contributed by atoms with Crippen molar-refractivity contribution in [3.8, 4) is 5.69 Å². The summed E-state index contributed by atoms with van der Waals surface area (Å²) in [4.78, 5) is 19.5. The van der Waals surface area contributed by atoms with Crippen molar-refractivity contribution < 1.29 is 0 Å². The lowest BCUT2D eigenvalue weighted by molar-refractivity contribution is 0.921. The first-order valence-electron chi connectivity index (χ1n) is 4.26. The van der Waals surface area contributed by atoms with Crippen LogP contribution in [0.3, 0.4) is 0 Å². The Balaban J connectivity index is 2.72. The third kappa shape index (κ3) is 1.82. The Kier molecular flexibility index (Phi) is 2.64. The molecule has 2 rings (SSSR count). The lowest BCUT2D eigenvalue weighted by Gasteiger charge is -2.06. The average molecular weight is 217 g/mol. The molecule has 0 aromatic carbocycles. The molecule has 0 fully saturated rings. The normalized spacial score (nSPS) is 9.87. The van der Waals surface area contributed by atoms with E-state index < -0.39 is 0 Å². The number of rotatable bonds is 2. The van der Waals surface area contributed by atoms with Crippen LogP contribution in [0.25, 0.3) is 5.69 Å². The lowest BCUT2D eigenvalue weighted by atomic mass is 10.4. The predicted octanol–water partition coefficient (Wildman–Crippen LogP) is 0.975. The maximum absolute atomic E-state index is 11.6. The van der Waals surface area contributed by atoms with Gasteiger partial charge in [-0.05, 0) is 12.1 Å². The lowest BCUT2D eigenvalue weighted by Crippen LogP contribution is -2.21. The molecule has 2 aromatic heterocycles. The summed E-state index contributed by atoms with van der Waals surface area (Å²) in [6.45, 7) is 0. The molecule has 2 heterocycles. The van der Waals surface area contributed by atoms with Gasteiger partial charge in [-0.25, -0.2) is 4.98 Å². The molecule has 0 atom stereocenters. The van der Waals surface area contributed by atoms with Gasteiger partial charge in [-0.2, -0.15) is 0 Å². The molecule has 0 aliphatic rings. The van der Waals surface area contributed by atoms with Crippen molar-refractivity contribution in [2.75, 3.05) is 0 Å². The van der Waals surface area contributed by atoms with Crippen LogP contribution < -0.4 is 5.56 Å². The Labute approximate surface area is 91.2 Å². The largest absolute Gasteiger partial charge is 0.269 e. The maximum atomic E-state index is 11.6. The van der Waals surface area contributed by atoms with Gasteiger partial charge in [-0.1, -0.05) is 12.2 Å². The third-order valence-corrected chi connectivity index (χ3v) is 2.11. The van der Waals surface area contributed by atoms with Gasteiger partial charge in [-0.3, -0.25) is 14.3 Å². The molecule has 15 heavy (non-hydrogen) atoms. The van der Waals surface area contributed by atoms with Gasteiger partial charge in [0.2, 0.25) is 0 Å². The van der Waals surface area contributed by atoms with Gasteiger partial charge in [0.1, 0.15) is 0 Å². The molecule has 0 aliphatic heterocycles. The number of aromatic nitrogens is 3. The fraction of sp³-hybridized carbons (Fsp3) is 0. The number of thiocarbonyl (C=S) groups is 1. The Morgan fingerprint density at radius 1 is 1.20 bits per heavy atom. The SMILES string of the molecule is O=c1ccnc(C=S)n1-c1ccncc1. The highest BCUT2D eigenvalue weighted by molar-refractivity contribution is 7.79. The van der Waals surface area contributed by atoms with Crippen LogP contribution in [0.4, 0.5) is 0 Å². The Bertz CT molecular complexity index is 536. The minimum Gasteiger partial charge on any atom is -0.269 e. The molecule has 0 unspecified atom stereocenters. The number of hydrogen-bond donors (Lipinski definition) is 0. The summed E-state index contributed by atoms with van der Waals surface area (Å²) in [6, 6.07) is 4.85. The van der Waals surface area contributed by atoms with E-state index in [0.717, 1.165) is 0 Å². The zero-order chi connectivity index (χ0) is 10.7. The van der Waals surface area contributed by atoms with Gasteiger partial charge >= 0.3 is 0 Å². The third-order valence-electron chi connectivity index (χ3n) is 1.90. The predicted molar refractivity (Wildman–Crippen MR) is 60.4 cm³/mol. The molecular weight excluding hydrogens is 210 g/mol. The summed E-state index contributed by atoms with van der Waals surface area (Å²) >= 11 is 4.80. The topological polar surface area (TPSA) is 47.8 Å². The number of pyridine rings is 1. The van der Waals surface area contributed by atoms with Crippen LogP contribution in [0, 0.1) is 0 Å². The van der Waals surface area contributed by atoms with Crippen molar-refractivity contribution in [1.82, 2.24) is 14.5 Å². The van der Waals surface area contributed by atoms with Crippen LogP contribution in [-0.4, -0.2) is 19.9 Å². The minimum absolute atomic E-state index is 0.160. The highest BCUT2D eigenvalue weighted by Gasteiger charge is 2.03. The van der Waals surface area contributed by atoms with E-state index in [0.29, 0.717) is 11.5 Å². The zero-order valence-corrected chi connectivity index (χ0v) is 8.52. The zero-order valence-electron chi connectivity index (χ0n) is 7.70. The van der Waals surface area contributed by atoms with Crippen LogP contribution >= 0.6 is 12.2 Å². The molecule has 5 heteroatoms.